The smallest absolute Gasteiger partial charge is 0.236 e. The zero-order valence-electron chi connectivity index (χ0n) is 12.4. The van der Waals surface area contributed by atoms with Crippen molar-refractivity contribution in [2.24, 2.45) is 5.92 Å². The molecule has 1 unspecified atom stereocenters. The van der Waals surface area contributed by atoms with Crippen molar-refractivity contribution in [1.29, 1.82) is 0 Å². The van der Waals surface area contributed by atoms with Gasteiger partial charge in [0.2, 0.25) is 5.91 Å². The minimum Gasteiger partial charge on any atom is -0.354 e. The molecule has 0 fully saturated rings. The lowest BCUT2D eigenvalue weighted by Crippen LogP contribution is -2.43. The largest absolute Gasteiger partial charge is 0.354 e. The van der Waals surface area contributed by atoms with Gasteiger partial charge in [0.1, 0.15) is 0 Å². The van der Waals surface area contributed by atoms with Gasteiger partial charge in [0, 0.05) is 6.54 Å². The van der Waals surface area contributed by atoms with Crippen LogP contribution in [0.2, 0.25) is 0 Å². The molecule has 2 N–H and O–H groups in total. The molecule has 4 heteroatoms. The lowest BCUT2D eigenvalue weighted by atomic mass is 10.2. The first-order valence-electron chi connectivity index (χ1n) is 7.08. The molecular weight excluding hydrogens is 244 g/mol. The van der Waals surface area contributed by atoms with Crippen LogP contribution in [-0.2, 0) is 4.79 Å². The SMILES string of the molecule is CSCCCCCCNC(C)C(=O)NCC(C)C. The van der Waals surface area contributed by atoms with Crippen LogP contribution in [0, 0.1) is 5.92 Å². The first-order chi connectivity index (χ1) is 8.57. The quantitative estimate of drug-likeness (QED) is 0.569. The first-order valence-corrected chi connectivity index (χ1v) is 8.47. The maximum Gasteiger partial charge on any atom is 0.236 e. The summed E-state index contributed by atoms with van der Waals surface area (Å²) in [5.74, 6) is 1.89. The van der Waals surface area contributed by atoms with Crippen LogP contribution in [0.25, 0.3) is 0 Å². The van der Waals surface area contributed by atoms with E-state index in [0.29, 0.717) is 5.92 Å². The second-order valence-corrected chi connectivity index (χ2v) is 6.21. The van der Waals surface area contributed by atoms with Crippen molar-refractivity contribution in [1.82, 2.24) is 10.6 Å². The highest BCUT2D eigenvalue weighted by Gasteiger charge is 2.11. The Labute approximate surface area is 117 Å². The molecule has 0 aliphatic rings. The highest BCUT2D eigenvalue weighted by molar-refractivity contribution is 7.98. The summed E-state index contributed by atoms with van der Waals surface area (Å²) < 4.78 is 0. The minimum atomic E-state index is -0.0741. The van der Waals surface area contributed by atoms with Gasteiger partial charge in [0.05, 0.1) is 6.04 Å². The normalized spacial score (nSPS) is 12.7. The molecule has 0 saturated heterocycles. The van der Waals surface area contributed by atoms with Crippen LogP contribution >= 0.6 is 11.8 Å². The molecule has 0 aromatic heterocycles. The summed E-state index contributed by atoms with van der Waals surface area (Å²) in [5, 5.41) is 6.23. The topological polar surface area (TPSA) is 41.1 Å². The van der Waals surface area contributed by atoms with Gasteiger partial charge in [-0.3, -0.25) is 4.79 Å². The third-order valence-electron chi connectivity index (χ3n) is 2.80. The van der Waals surface area contributed by atoms with Crippen LogP contribution in [0.1, 0.15) is 46.5 Å². The number of unbranched alkanes of at least 4 members (excludes halogenated alkanes) is 3. The van der Waals surface area contributed by atoms with Gasteiger partial charge in [0.25, 0.3) is 0 Å². The lowest BCUT2D eigenvalue weighted by molar-refractivity contribution is -0.122. The van der Waals surface area contributed by atoms with Gasteiger partial charge in [-0.1, -0.05) is 26.7 Å². The highest BCUT2D eigenvalue weighted by Crippen LogP contribution is 2.04. The number of hydrogen-bond donors (Lipinski definition) is 2. The van der Waals surface area contributed by atoms with Crippen LogP contribution in [0.4, 0.5) is 0 Å². The molecule has 0 aliphatic carbocycles. The average molecular weight is 274 g/mol. The number of amides is 1. The number of thioether (sulfide) groups is 1. The molecule has 0 saturated carbocycles. The molecule has 0 aromatic rings. The van der Waals surface area contributed by atoms with Crippen molar-refractivity contribution < 1.29 is 4.79 Å². The Bertz CT molecular complexity index is 210. The highest BCUT2D eigenvalue weighted by atomic mass is 32.2. The van der Waals surface area contributed by atoms with E-state index >= 15 is 0 Å². The maximum absolute atomic E-state index is 11.7. The second-order valence-electron chi connectivity index (χ2n) is 5.22. The van der Waals surface area contributed by atoms with Crippen LogP contribution in [0.3, 0.4) is 0 Å². The predicted octanol–water partition coefficient (Wildman–Crippen LogP) is 2.66. The Morgan fingerprint density at radius 1 is 1.11 bits per heavy atom. The minimum absolute atomic E-state index is 0.0741. The molecule has 18 heavy (non-hydrogen) atoms. The van der Waals surface area contributed by atoms with Crippen molar-refractivity contribution >= 4 is 17.7 Å². The standard InChI is InChI=1S/C14H30N2OS/c1-12(2)11-16-14(17)13(3)15-9-7-5-6-8-10-18-4/h12-13,15H,5-11H2,1-4H3,(H,16,17). The van der Waals surface area contributed by atoms with E-state index in [2.05, 4.69) is 30.7 Å². The summed E-state index contributed by atoms with van der Waals surface area (Å²) in [6.07, 6.45) is 7.19. The number of carbonyl (C=O) groups is 1. The third-order valence-corrected chi connectivity index (χ3v) is 3.50. The fourth-order valence-electron chi connectivity index (χ4n) is 1.59. The zero-order chi connectivity index (χ0) is 13.8. The second kappa shape index (κ2) is 11.8. The van der Waals surface area contributed by atoms with Crippen LogP contribution in [-0.4, -0.2) is 37.0 Å². The Morgan fingerprint density at radius 3 is 2.39 bits per heavy atom. The molecule has 1 atom stereocenters. The summed E-state index contributed by atoms with van der Waals surface area (Å²) in [7, 11) is 0. The molecule has 0 bridgehead atoms. The van der Waals surface area contributed by atoms with E-state index in [4.69, 9.17) is 0 Å². The van der Waals surface area contributed by atoms with Crippen molar-refractivity contribution in [2.45, 2.75) is 52.5 Å². The van der Waals surface area contributed by atoms with Gasteiger partial charge < -0.3 is 10.6 Å². The first kappa shape index (κ1) is 17.8. The van der Waals surface area contributed by atoms with Crippen molar-refractivity contribution in [3.8, 4) is 0 Å². The fraction of sp³-hybridized carbons (Fsp3) is 0.929. The van der Waals surface area contributed by atoms with Crippen LogP contribution in [0.15, 0.2) is 0 Å². The molecule has 0 aliphatic heterocycles. The van der Waals surface area contributed by atoms with E-state index < -0.39 is 0 Å². The van der Waals surface area contributed by atoms with Gasteiger partial charge in [-0.15, -0.1) is 0 Å². The van der Waals surface area contributed by atoms with Gasteiger partial charge in [-0.25, -0.2) is 0 Å². The Kier molecular flexibility index (Phi) is 11.7. The molecule has 1 amide bonds. The van der Waals surface area contributed by atoms with Gasteiger partial charge in [-0.05, 0) is 44.2 Å². The van der Waals surface area contributed by atoms with E-state index in [1.54, 1.807) is 0 Å². The maximum atomic E-state index is 11.7. The van der Waals surface area contributed by atoms with Crippen molar-refractivity contribution in [3.05, 3.63) is 0 Å². The van der Waals surface area contributed by atoms with E-state index in [1.807, 2.05) is 18.7 Å². The monoisotopic (exact) mass is 274 g/mol. The molecule has 0 heterocycles. The third kappa shape index (κ3) is 10.9. The van der Waals surface area contributed by atoms with Crippen LogP contribution < -0.4 is 10.6 Å². The summed E-state index contributed by atoms with van der Waals surface area (Å²) >= 11 is 1.91. The average Bonchev–Trinajstić information content (AvgIpc) is 2.34. The van der Waals surface area contributed by atoms with Crippen molar-refractivity contribution in [3.63, 3.8) is 0 Å². The van der Waals surface area contributed by atoms with E-state index in [1.165, 1.54) is 25.0 Å². The molecule has 0 aromatic carbocycles. The zero-order valence-corrected chi connectivity index (χ0v) is 13.2. The number of hydrogen-bond acceptors (Lipinski definition) is 3. The summed E-state index contributed by atoms with van der Waals surface area (Å²) in [4.78, 5) is 11.7. The Balaban J connectivity index is 3.40. The molecule has 3 nitrogen and oxygen atoms in total. The van der Waals surface area contributed by atoms with Crippen LogP contribution in [0.5, 0.6) is 0 Å². The molecule has 0 radical (unpaired) electrons. The number of nitrogens with one attached hydrogen (secondary N) is 2. The van der Waals surface area contributed by atoms with E-state index in [0.717, 1.165) is 19.5 Å². The van der Waals surface area contributed by atoms with Gasteiger partial charge in [-0.2, -0.15) is 11.8 Å². The number of carbonyl (C=O) groups excluding carboxylic acids is 1. The summed E-state index contributed by atoms with van der Waals surface area (Å²) in [6, 6.07) is -0.0741. The Morgan fingerprint density at radius 2 is 1.78 bits per heavy atom. The molecule has 0 spiro atoms. The van der Waals surface area contributed by atoms with E-state index in [-0.39, 0.29) is 11.9 Å². The molecular formula is C14H30N2OS. The molecule has 108 valence electrons. The summed E-state index contributed by atoms with van der Waals surface area (Å²) in [5.41, 5.74) is 0. The lowest BCUT2D eigenvalue weighted by Gasteiger charge is -2.15. The van der Waals surface area contributed by atoms with Gasteiger partial charge >= 0.3 is 0 Å². The molecule has 0 rings (SSSR count). The Hall–Kier alpha value is -0.220. The fourth-order valence-corrected chi connectivity index (χ4v) is 2.09. The number of rotatable bonds is 11. The summed E-state index contributed by atoms with van der Waals surface area (Å²) in [6.45, 7) is 7.85. The van der Waals surface area contributed by atoms with Crippen molar-refractivity contribution in [2.75, 3.05) is 25.1 Å². The van der Waals surface area contributed by atoms with Gasteiger partial charge in [0.15, 0.2) is 0 Å². The predicted molar refractivity (Wildman–Crippen MR) is 82.2 cm³/mol. The van der Waals surface area contributed by atoms with E-state index in [9.17, 15) is 4.79 Å².